The number of aliphatic imine (C=N–C) groups is 1. The number of nitrogens with zero attached hydrogens (tertiary/aromatic N) is 2. The summed E-state index contributed by atoms with van der Waals surface area (Å²) in [4.78, 5) is 7.03. The van der Waals surface area contributed by atoms with Gasteiger partial charge in [0.15, 0.2) is 15.8 Å². The molecule has 1 aromatic carbocycles. The molecule has 2 unspecified atom stereocenters. The standard InChI is InChI=1S/C19H29N3O3S/c1-3-16(13-26(23,24)17-7-5-4-6-8-17)21-18(20-2)22-11-9-19(14-22)10-12-25-15-19/h4-8,16H,3,9-15H2,1-2H3,(H,20,21). The van der Waals surface area contributed by atoms with Gasteiger partial charge in [0, 0.05) is 38.2 Å². The van der Waals surface area contributed by atoms with Gasteiger partial charge in [-0.05, 0) is 31.4 Å². The van der Waals surface area contributed by atoms with Gasteiger partial charge < -0.3 is 15.0 Å². The molecule has 0 radical (unpaired) electrons. The van der Waals surface area contributed by atoms with Gasteiger partial charge in [0.05, 0.1) is 17.3 Å². The first-order chi connectivity index (χ1) is 12.5. The van der Waals surface area contributed by atoms with E-state index in [1.54, 1.807) is 31.3 Å². The highest BCUT2D eigenvalue weighted by Crippen LogP contribution is 2.38. The van der Waals surface area contributed by atoms with Crippen LogP contribution < -0.4 is 5.32 Å². The molecule has 26 heavy (non-hydrogen) atoms. The number of ether oxygens (including phenoxy) is 1. The second-order valence-electron chi connectivity index (χ2n) is 7.37. The summed E-state index contributed by atoms with van der Waals surface area (Å²) in [6, 6.07) is 8.48. The highest BCUT2D eigenvalue weighted by molar-refractivity contribution is 7.91. The molecule has 7 heteroatoms. The fourth-order valence-corrected chi connectivity index (χ4v) is 5.43. The lowest BCUT2D eigenvalue weighted by atomic mass is 9.87. The molecule has 2 heterocycles. The van der Waals surface area contributed by atoms with Crippen molar-refractivity contribution in [3.05, 3.63) is 30.3 Å². The van der Waals surface area contributed by atoms with Crippen molar-refractivity contribution in [2.45, 2.75) is 37.1 Å². The first-order valence-corrected chi connectivity index (χ1v) is 11.0. The van der Waals surface area contributed by atoms with E-state index < -0.39 is 9.84 Å². The zero-order valence-corrected chi connectivity index (χ0v) is 16.5. The van der Waals surface area contributed by atoms with Crippen molar-refractivity contribution in [2.24, 2.45) is 10.4 Å². The molecule has 2 saturated heterocycles. The normalized spacial score (nSPS) is 25.0. The zero-order valence-electron chi connectivity index (χ0n) is 15.6. The van der Waals surface area contributed by atoms with Gasteiger partial charge in [-0.25, -0.2) is 8.42 Å². The van der Waals surface area contributed by atoms with Crippen LogP contribution in [0.2, 0.25) is 0 Å². The molecule has 0 amide bonds. The number of hydrogen-bond donors (Lipinski definition) is 1. The third-order valence-corrected chi connectivity index (χ3v) is 7.32. The molecule has 2 atom stereocenters. The molecular weight excluding hydrogens is 350 g/mol. The Bertz CT molecular complexity index is 728. The molecule has 2 aliphatic heterocycles. The summed E-state index contributed by atoms with van der Waals surface area (Å²) >= 11 is 0. The number of sulfone groups is 1. The lowest BCUT2D eigenvalue weighted by molar-refractivity contribution is 0.156. The summed E-state index contributed by atoms with van der Waals surface area (Å²) in [6.45, 7) is 5.52. The van der Waals surface area contributed by atoms with Crippen LogP contribution in [0.3, 0.4) is 0 Å². The molecule has 1 aromatic rings. The number of benzene rings is 1. The minimum Gasteiger partial charge on any atom is -0.381 e. The predicted molar refractivity (Wildman–Crippen MR) is 103 cm³/mol. The molecule has 144 valence electrons. The number of rotatable bonds is 5. The Morgan fingerprint density at radius 1 is 1.35 bits per heavy atom. The van der Waals surface area contributed by atoms with Crippen LogP contribution in [0.4, 0.5) is 0 Å². The van der Waals surface area contributed by atoms with E-state index in [1.165, 1.54) is 0 Å². The average Bonchev–Trinajstić information content (AvgIpc) is 3.29. The van der Waals surface area contributed by atoms with E-state index >= 15 is 0 Å². The Morgan fingerprint density at radius 3 is 2.73 bits per heavy atom. The lowest BCUT2D eigenvalue weighted by Crippen LogP contribution is -2.48. The van der Waals surface area contributed by atoms with Gasteiger partial charge in [-0.3, -0.25) is 4.99 Å². The number of likely N-dealkylation sites (tertiary alicyclic amines) is 1. The molecule has 2 aliphatic rings. The van der Waals surface area contributed by atoms with Gasteiger partial charge in [-0.15, -0.1) is 0 Å². The molecule has 0 aromatic heterocycles. The highest BCUT2D eigenvalue weighted by Gasteiger charge is 2.42. The maximum Gasteiger partial charge on any atom is 0.193 e. The summed E-state index contributed by atoms with van der Waals surface area (Å²) in [5.41, 5.74) is 0.245. The largest absolute Gasteiger partial charge is 0.381 e. The van der Waals surface area contributed by atoms with Crippen LogP contribution in [0.5, 0.6) is 0 Å². The summed E-state index contributed by atoms with van der Waals surface area (Å²) in [6.07, 6.45) is 2.92. The van der Waals surface area contributed by atoms with Gasteiger partial charge in [-0.1, -0.05) is 25.1 Å². The first kappa shape index (κ1) is 19.2. The van der Waals surface area contributed by atoms with E-state index in [2.05, 4.69) is 15.2 Å². The summed E-state index contributed by atoms with van der Waals surface area (Å²) < 4.78 is 31.0. The van der Waals surface area contributed by atoms with E-state index in [0.717, 1.165) is 45.1 Å². The minimum atomic E-state index is -3.33. The van der Waals surface area contributed by atoms with Gasteiger partial charge in [0.25, 0.3) is 0 Å². The second-order valence-corrected chi connectivity index (χ2v) is 9.40. The molecular formula is C19H29N3O3S. The molecule has 3 rings (SSSR count). The average molecular weight is 380 g/mol. The third kappa shape index (κ3) is 4.20. The Labute approximate surface area is 156 Å². The van der Waals surface area contributed by atoms with Gasteiger partial charge in [-0.2, -0.15) is 0 Å². The van der Waals surface area contributed by atoms with Crippen LogP contribution in [0.15, 0.2) is 40.2 Å². The van der Waals surface area contributed by atoms with Crippen LogP contribution in [0.1, 0.15) is 26.2 Å². The van der Waals surface area contributed by atoms with Crippen molar-refractivity contribution in [3.63, 3.8) is 0 Å². The summed E-state index contributed by atoms with van der Waals surface area (Å²) in [5.74, 6) is 0.859. The zero-order chi connectivity index (χ0) is 18.6. The Hall–Kier alpha value is -1.60. The smallest absolute Gasteiger partial charge is 0.193 e. The molecule has 1 spiro atoms. The summed E-state index contributed by atoms with van der Waals surface area (Å²) in [5, 5.41) is 3.38. The van der Waals surface area contributed by atoms with Crippen LogP contribution in [0, 0.1) is 5.41 Å². The molecule has 2 fully saturated rings. The monoisotopic (exact) mass is 379 g/mol. The van der Waals surface area contributed by atoms with E-state index in [-0.39, 0.29) is 17.2 Å². The van der Waals surface area contributed by atoms with E-state index in [9.17, 15) is 8.42 Å². The number of guanidine groups is 1. The predicted octanol–water partition coefficient (Wildman–Crippen LogP) is 1.93. The van der Waals surface area contributed by atoms with Crippen molar-refractivity contribution in [1.82, 2.24) is 10.2 Å². The van der Waals surface area contributed by atoms with Gasteiger partial charge in [0.1, 0.15) is 0 Å². The fraction of sp³-hybridized carbons (Fsp3) is 0.632. The maximum atomic E-state index is 12.7. The van der Waals surface area contributed by atoms with Crippen molar-refractivity contribution in [2.75, 3.05) is 39.1 Å². The van der Waals surface area contributed by atoms with Gasteiger partial charge >= 0.3 is 0 Å². The van der Waals surface area contributed by atoms with Crippen molar-refractivity contribution in [3.8, 4) is 0 Å². The first-order valence-electron chi connectivity index (χ1n) is 9.32. The van der Waals surface area contributed by atoms with E-state index in [0.29, 0.717) is 11.3 Å². The van der Waals surface area contributed by atoms with Crippen LogP contribution in [-0.4, -0.2) is 64.4 Å². The molecule has 1 N–H and O–H groups in total. The van der Waals surface area contributed by atoms with E-state index in [4.69, 9.17) is 4.74 Å². The maximum absolute atomic E-state index is 12.7. The van der Waals surface area contributed by atoms with Crippen LogP contribution in [0.25, 0.3) is 0 Å². The van der Waals surface area contributed by atoms with Crippen molar-refractivity contribution < 1.29 is 13.2 Å². The minimum absolute atomic E-state index is 0.0641. The SMILES string of the molecule is CCC(CS(=O)(=O)c1ccccc1)NC(=NC)N1CCC2(CCOC2)C1. The highest BCUT2D eigenvalue weighted by atomic mass is 32.2. The Morgan fingerprint density at radius 2 is 2.12 bits per heavy atom. The summed E-state index contributed by atoms with van der Waals surface area (Å²) in [7, 11) is -1.57. The second kappa shape index (κ2) is 7.96. The number of nitrogens with one attached hydrogen (secondary N) is 1. The quantitative estimate of drug-likeness (QED) is 0.625. The Kier molecular flexibility index (Phi) is 5.87. The van der Waals surface area contributed by atoms with Crippen molar-refractivity contribution in [1.29, 1.82) is 0 Å². The molecule has 0 saturated carbocycles. The van der Waals surface area contributed by atoms with Crippen LogP contribution in [-0.2, 0) is 14.6 Å². The van der Waals surface area contributed by atoms with Gasteiger partial charge in [0.2, 0.25) is 0 Å². The van der Waals surface area contributed by atoms with Crippen LogP contribution >= 0.6 is 0 Å². The molecule has 0 bridgehead atoms. The topological polar surface area (TPSA) is 71.0 Å². The molecule has 6 nitrogen and oxygen atoms in total. The lowest BCUT2D eigenvalue weighted by Gasteiger charge is -2.28. The molecule has 0 aliphatic carbocycles. The fourth-order valence-electron chi connectivity index (χ4n) is 3.82. The third-order valence-electron chi connectivity index (χ3n) is 5.48. The van der Waals surface area contributed by atoms with Crippen molar-refractivity contribution >= 4 is 15.8 Å². The Balaban J connectivity index is 1.65. The van der Waals surface area contributed by atoms with E-state index in [1.807, 2.05) is 13.0 Å². The number of hydrogen-bond acceptors (Lipinski definition) is 4.